The number of pyridine rings is 1. The van der Waals surface area contributed by atoms with Crippen molar-refractivity contribution in [2.45, 2.75) is 31.5 Å². The average Bonchev–Trinajstić information content (AvgIpc) is 2.55. The van der Waals surface area contributed by atoms with E-state index < -0.39 is 11.7 Å². The molecule has 0 bridgehead atoms. The number of carbonyl (C=O) groups excluding carboxylic acids is 1. The van der Waals surface area contributed by atoms with Gasteiger partial charge in [-0.15, -0.1) is 24.8 Å². The molecule has 11 heteroatoms. The summed E-state index contributed by atoms with van der Waals surface area (Å²) in [4.78, 5) is 17.6. The smallest absolute Gasteiger partial charge is 0.368 e. The average molecular weight is 438 g/mol. The fourth-order valence-electron chi connectivity index (χ4n) is 2.58. The van der Waals surface area contributed by atoms with Crippen LogP contribution in [-0.4, -0.2) is 48.5 Å². The molecule has 1 saturated heterocycles. The van der Waals surface area contributed by atoms with Gasteiger partial charge in [0.25, 0.3) is 0 Å². The van der Waals surface area contributed by atoms with Crippen molar-refractivity contribution in [3.63, 3.8) is 0 Å². The lowest BCUT2D eigenvalue weighted by atomic mass is 10.1. The molecule has 0 saturated carbocycles. The second kappa shape index (κ2) is 11.0. The maximum absolute atomic E-state index is 12.5. The first kappa shape index (κ1) is 25.0. The van der Waals surface area contributed by atoms with E-state index in [0.717, 1.165) is 38.2 Å². The number of alkyl halides is 3. The van der Waals surface area contributed by atoms with Gasteiger partial charge in [0.15, 0.2) is 0 Å². The van der Waals surface area contributed by atoms with Crippen LogP contribution in [0.15, 0.2) is 12.3 Å². The predicted molar refractivity (Wildman–Crippen MR) is 101 cm³/mol. The highest BCUT2D eigenvalue weighted by Gasteiger charge is 2.31. The van der Waals surface area contributed by atoms with Gasteiger partial charge in [0.05, 0.1) is 10.6 Å². The van der Waals surface area contributed by atoms with Gasteiger partial charge in [-0.05, 0) is 32.0 Å². The number of anilines is 1. The maximum atomic E-state index is 12.5. The monoisotopic (exact) mass is 436 g/mol. The van der Waals surface area contributed by atoms with Crippen LogP contribution in [0, 0.1) is 0 Å². The highest BCUT2D eigenvalue weighted by atomic mass is 35.5. The number of nitrogens with one attached hydrogen (secondary N) is 2. The summed E-state index contributed by atoms with van der Waals surface area (Å²) in [6.45, 7) is 2.05. The molecule has 1 aliphatic heterocycles. The number of rotatable bonds is 5. The Bertz CT molecular complexity index is 584. The Labute approximate surface area is 167 Å². The minimum absolute atomic E-state index is 0. The number of halogens is 6. The zero-order valence-corrected chi connectivity index (χ0v) is 16.5. The predicted octanol–water partition coefficient (Wildman–Crippen LogP) is 3.61. The van der Waals surface area contributed by atoms with Crippen molar-refractivity contribution in [3.8, 4) is 0 Å². The minimum atomic E-state index is -4.48. The quantitative estimate of drug-likeness (QED) is 0.739. The van der Waals surface area contributed by atoms with Crippen LogP contribution >= 0.6 is 36.4 Å². The number of aromatic nitrogens is 1. The van der Waals surface area contributed by atoms with Crippen molar-refractivity contribution < 1.29 is 18.0 Å². The third kappa shape index (κ3) is 6.98. The van der Waals surface area contributed by atoms with Gasteiger partial charge in [0.2, 0.25) is 5.91 Å². The van der Waals surface area contributed by atoms with Crippen LogP contribution in [0.4, 0.5) is 19.0 Å². The fraction of sp³-hybridized carbons (Fsp3) is 0.600. The Morgan fingerprint density at radius 3 is 2.54 bits per heavy atom. The summed E-state index contributed by atoms with van der Waals surface area (Å²) in [7, 11) is 1.78. The molecule has 1 fully saturated rings. The van der Waals surface area contributed by atoms with Crippen molar-refractivity contribution in [2.24, 2.45) is 0 Å². The Balaban J connectivity index is 0.00000312. The zero-order chi connectivity index (χ0) is 17.7. The highest BCUT2D eigenvalue weighted by Crippen LogP contribution is 2.32. The summed E-state index contributed by atoms with van der Waals surface area (Å²) in [5, 5.41) is 5.93. The van der Waals surface area contributed by atoms with Crippen molar-refractivity contribution >= 4 is 48.1 Å². The van der Waals surface area contributed by atoms with Gasteiger partial charge < -0.3 is 15.5 Å². The molecule has 2 heterocycles. The number of hydrogen-bond acceptors (Lipinski definition) is 4. The van der Waals surface area contributed by atoms with Gasteiger partial charge in [-0.2, -0.15) is 13.2 Å². The summed E-state index contributed by atoms with van der Waals surface area (Å²) in [6, 6.07) is 1.05. The molecule has 0 aromatic carbocycles. The van der Waals surface area contributed by atoms with E-state index in [1.807, 2.05) is 0 Å². The molecule has 2 N–H and O–H groups in total. The first-order valence-corrected chi connectivity index (χ1v) is 8.10. The highest BCUT2D eigenvalue weighted by molar-refractivity contribution is 6.32. The van der Waals surface area contributed by atoms with Crippen molar-refractivity contribution in [1.82, 2.24) is 15.2 Å². The molecule has 2 rings (SSSR count). The third-order valence-electron chi connectivity index (χ3n) is 4.05. The molecule has 1 aliphatic rings. The van der Waals surface area contributed by atoms with Gasteiger partial charge in [0.1, 0.15) is 5.82 Å². The maximum Gasteiger partial charge on any atom is 0.417 e. The number of nitrogens with zero attached hydrogens (tertiary/aromatic N) is 2. The van der Waals surface area contributed by atoms with Crippen LogP contribution in [0.5, 0.6) is 0 Å². The van der Waals surface area contributed by atoms with Crippen LogP contribution in [0.2, 0.25) is 5.02 Å². The Kier molecular flexibility index (Phi) is 10.6. The summed E-state index contributed by atoms with van der Waals surface area (Å²) >= 11 is 5.81. The molecule has 150 valence electrons. The van der Waals surface area contributed by atoms with Crippen LogP contribution in [0.1, 0.15) is 24.8 Å². The molecule has 5 nitrogen and oxygen atoms in total. The van der Waals surface area contributed by atoms with Crippen LogP contribution in [0.25, 0.3) is 0 Å². The topological polar surface area (TPSA) is 57.3 Å². The van der Waals surface area contributed by atoms with E-state index in [-0.39, 0.29) is 60.6 Å². The number of amides is 1. The largest absolute Gasteiger partial charge is 0.417 e. The normalized spacial score (nSPS) is 14.8. The molecular weight excluding hydrogens is 416 g/mol. The van der Waals surface area contributed by atoms with Crippen molar-refractivity contribution in [3.05, 3.63) is 22.8 Å². The van der Waals surface area contributed by atoms with E-state index in [2.05, 4.69) is 15.6 Å². The molecule has 0 spiro atoms. The second-order valence-corrected chi connectivity index (χ2v) is 6.12. The summed E-state index contributed by atoms with van der Waals surface area (Å²) in [5.41, 5.74) is -0.903. The van der Waals surface area contributed by atoms with Gasteiger partial charge in [-0.3, -0.25) is 4.79 Å². The number of hydrogen-bond donors (Lipinski definition) is 2. The van der Waals surface area contributed by atoms with Gasteiger partial charge in [0, 0.05) is 32.3 Å². The molecule has 1 amide bonds. The van der Waals surface area contributed by atoms with Crippen LogP contribution in [-0.2, 0) is 11.0 Å². The number of piperidine rings is 1. The SMILES string of the molecule is CN(C(=O)CCNc1ncc(C(F)(F)F)cc1Cl)C1CCNCC1.Cl.Cl. The van der Waals surface area contributed by atoms with Crippen molar-refractivity contribution in [2.75, 3.05) is 32.0 Å². The van der Waals surface area contributed by atoms with E-state index in [9.17, 15) is 18.0 Å². The van der Waals surface area contributed by atoms with Gasteiger partial charge in [-0.25, -0.2) is 4.98 Å². The number of carbonyl (C=O) groups is 1. The summed E-state index contributed by atoms with van der Waals surface area (Å²) in [6.07, 6.45) is -1.71. The standard InChI is InChI=1S/C15H20ClF3N4O.2ClH/c1-23(11-2-5-20-6-3-11)13(24)4-7-21-14-12(16)8-10(9-22-14)15(17,18)19;;/h8-9,11,20H,2-7H2,1H3,(H,21,22);2*1H. The first-order chi connectivity index (χ1) is 11.3. The van der Waals surface area contributed by atoms with Crippen LogP contribution in [0.3, 0.4) is 0 Å². The lowest BCUT2D eigenvalue weighted by molar-refractivity contribution is -0.137. The molecule has 26 heavy (non-hydrogen) atoms. The van der Waals surface area contributed by atoms with E-state index >= 15 is 0 Å². The molecule has 0 atom stereocenters. The van der Waals surface area contributed by atoms with Gasteiger partial charge in [-0.1, -0.05) is 11.6 Å². The molecule has 0 radical (unpaired) electrons. The lowest BCUT2D eigenvalue weighted by Gasteiger charge is -2.31. The Hall–Kier alpha value is -0.960. The lowest BCUT2D eigenvalue weighted by Crippen LogP contribution is -2.44. The summed E-state index contributed by atoms with van der Waals surface area (Å²) < 4.78 is 37.6. The van der Waals surface area contributed by atoms with Crippen LogP contribution < -0.4 is 10.6 Å². The van der Waals surface area contributed by atoms with E-state index in [4.69, 9.17) is 11.6 Å². The molecule has 0 unspecified atom stereocenters. The molecule has 1 aromatic heterocycles. The fourth-order valence-corrected chi connectivity index (χ4v) is 2.82. The second-order valence-electron chi connectivity index (χ2n) is 5.71. The van der Waals surface area contributed by atoms with E-state index in [1.54, 1.807) is 11.9 Å². The molecule has 0 aliphatic carbocycles. The van der Waals surface area contributed by atoms with Gasteiger partial charge >= 0.3 is 6.18 Å². The zero-order valence-electron chi connectivity index (χ0n) is 14.1. The minimum Gasteiger partial charge on any atom is -0.368 e. The summed E-state index contributed by atoms with van der Waals surface area (Å²) in [5.74, 6) is 0.124. The Morgan fingerprint density at radius 1 is 1.38 bits per heavy atom. The molecule has 1 aromatic rings. The Morgan fingerprint density at radius 2 is 2.00 bits per heavy atom. The third-order valence-corrected chi connectivity index (χ3v) is 4.34. The van der Waals surface area contributed by atoms with E-state index in [1.165, 1.54) is 0 Å². The van der Waals surface area contributed by atoms with E-state index in [0.29, 0.717) is 0 Å². The van der Waals surface area contributed by atoms with Crippen molar-refractivity contribution in [1.29, 1.82) is 0 Å². The first-order valence-electron chi connectivity index (χ1n) is 7.72. The molecular formula is C15H22Cl3F3N4O.